The Hall–Kier alpha value is -2.40. The van der Waals surface area contributed by atoms with Gasteiger partial charge in [-0.3, -0.25) is 10.1 Å². The van der Waals surface area contributed by atoms with Crippen LogP contribution < -0.4 is 5.32 Å². The normalized spacial score (nSPS) is 11.0. The van der Waals surface area contributed by atoms with Gasteiger partial charge in [-0.15, -0.1) is 0 Å². The minimum absolute atomic E-state index is 0.730. The summed E-state index contributed by atoms with van der Waals surface area (Å²) in [5.74, 6) is 1.72. The van der Waals surface area contributed by atoms with Crippen LogP contribution in [-0.4, -0.2) is 15.2 Å². The van der Waals surface area contributed by atoms with Crippen LogP contribution in [0.5, 0.6) is 0 Å². The van der Waals surface area contributed by atoms with Gasteiger partial charge in [-0.05, 0) is 43.2 Å². The molecule has 0 bridgehead atoms. The maximum absolute atomic E-state index is 5.64. The molecule has 3 aromatic heterocycles. The lowest BCUT2D eigenvalue weighted by Crippen LogP contribution is -2.13. The van der Waals surface area contributed by atoms with E-state index >= 15 is 0 Å². The average Bonchev–Trinajstić information content (AvgIpc) is 3.09. The van der Waals surface area contributed by atoms with Gasteiger partial charge in [-0.2, -0.15) is 5.10 Å². The van der Waals surface area contributed by atoms with Gasteiger partial charge in [0.05, 0.1) is 6.20 Å². The molecule has 21 heavy (non-hydrogen) atoms. The highest BCUT2D eigenvalue weighted by atomic mass is 16.3. The van der Waals surface area contributed by atoms with Crippen molar-refractivity contribution < 1.29 is 4.42 Å². The van der Waals surface area contributed by atoms with Gasteiger partial charge in [0.25, 0.3) is 0 Å². The van der Waals surface area contributed by atoms with Crippen LogP contribution in [0.4, 0.5) is 0 Å². The Kier molecular flexibility index (Phi) is 3.83. The summed E-state index contributed by atoms with van der Waals surface area (Å²) >= 11 is 0. The standard InChI is InChI=1S/C16H18N4O/c1-11-7-17-6-5-13(11)8-18-9-14-10-19-20-16(14)15-4-3-12(2)21-15/h3-7,10,18H,8-9H2,1-2H3,(H,19,20). The van der Waals surface area contributed by atoms with Crippen LogP contribution in [0.15, 0.2) is 41.2 Å². The van der Waals surface area contributed by atoms with Crippen molar-refractivity contribution in [1.82, 2.24) is 20.5 Å². The molecule has 2 N–H and O–H groups in total. The van der Waals surface area contributed by atoms with E-state index in [0.717, 1.165) is 35.9 Å². The lowest BCUT2D eigenvalue weighted by Gasteiger charge is -2.07. The van der Waals surface area contributed by atoms with E-state index in [1.807, 2.05) is 43.7 Å². The van der Waals surface area contributed by atoms with Crippen LogP contribution in [0.3, 0.4) is 0 Å². The monoisotopic (exact) mass is 282 g/mol. The van der Waals surface area contributed by atoms with Crippen molar-refractivity contribution in [3.8, 4) is 11.5 Å². The number of hydrogen-bond donors (Lipinski definition) is 2. The summed E-state index contributed by atoms with van der Waals surface area (Å²) in [7, 11) is 0. The number of aryl methyl sites for hydroxylation is 2. The number of furan rings is 1. The van der Waals surface area contributed by atoms with E-state index < -0.39 is 0 Å². The van der Waals surface area contributed by atoms with E-state index in [2.05, 4.69) is 27.4 Å². The van der Waals surface area contributed by atoms with Crippen LogP contribution in [0.2, 0.25) is 0 Å². The number of pyridine rings is 1. The molecular formula is C16H18N4O. The predicted octanol–water partition coefficient (Wildman–Crippen LogP) is 2.97. The maximum Gasteiger partial charge on any atom is 0.152 e. The number of rotatable bonds is 5. The van der Waals surface area contributed by atoms with Gasteiger partial charge in [0.2, 0.25) is 0 Å². The molecule has 3 rings (SSSR count). The van der Waals surface area contributed by atoms with Crippen molar-refractivity contribution in [2.24, 2.45) is 0 Å². The zero-order valence-electron chi connectivity index (χ0n) is 12.2. The fraction of sp³-hybridized carbons (Fsp3) is 0.250. The van der Waals surface area contributed by atoms with Crippen molar-refractivity contribution in [2.45, 2.75) is 26.9 Å². The zero-order valence-corrected chi connectivity index (χ0v) is 12.2. The summed E-state index contributed by atoms with van der Waals surface area (Å²) < 4.78 is 5.64. The summed E-state index contributed by atoms with van der Waals surface area (Å²) in [6.07, 6.45) is 5.53. The zero-order chi connectivity index (χ0) is 14.7. The minimum Gasteiger partial charge on any atom is -0.460 e. The number of nitrogens with one attached hydrogen (secondary N) is 2. The lowest BCUT2D eigenvalue weighted by atomic mass is 10.1. The summed E-state index contributed by atoms with van der Waals surface area (Å²) in [5.41, 5.74) is 4.47. The van der Waals surface area contributed by atoms with E-state index in [-0.39, 0.29) is 0 Å². The molecule has 0 fully saturated rings. The molecule has 0 atom stereocenters. The molecule has 0 aliphatic heterocycles. The maximum atomic E-state index is 5.64. The van der Waals surface area contributed by atoms with Gasteiger partial charge < -0.3 is 9.73 Å². The van der Waals surface area contributed by atoms with Crippen LogP contribution >= 0.6 is 0 Å². The van der Waals surface area contributed by atoms with Crippen molar-refractivity contribution in [1.29, 1.82) is 0 Å². The summed E-state index contributed by atoms with van der Waals surface area (Å²) in [5, 5.41) is 10.6. The average molecular weight is 282 g/mol. The second-order valence-corrected chi connectivity index (χ2v) is 5.09. The Balaban J connectivity index is 1.67. The van der Waals surface area contributed by atoms with Crippen molar-refractivity contribution in [3.05, 3.63) is 59.2 Å². The highest BCUT2D eigenvalue weighted by Gasteiger charge is 2.10. The molecule has 0 aliphatic rings. The molecule has 0 amide bonds. The van der Waals surface area contributed by atoms with Gasteiger partial charge in [-0.25, -0.2) is 0 Å². The largest absolute Gasteiger partial charge is 0.460 e. The first-order valence-corrected chi connectivity index (χ1v) is 6.93. The van der Waals surface area contributed by atoms with E-state index in [0.29, 0.717) is 0 Å². The molecule has 0 aliphatic carbocycles. The van der Waals surface area contributed by atoms with Crippen molar-refractivity contribution in [2.75, 3.05) is 0 Å². The minimum atomic E-state index is 0.730. The first-order chi connectivity index (χ1) is 10.2. The second-order valence-electron chi connectivity index (χ2n) is 5.09. The van der Waals surface area contributed by atoms with E-state index in [4.69, 9.17) is 4.42 Å². The smallest absolute Gasteiger partial charge is 0.152 e. The van der Waals surface area contributed by atoms with Crippen LogP contribution in [0, 0.1) is 13.8 Å². The lowest BCUT2D eigenvalue weighted by molar-refractivity contribution is 0.545. The highest BCUT2D eigenvalue weighted by Crippen LogP contribution is 2.23. The Morgan fingerprint density at radius 3 is 2.71 bits per heavy atom. The Labute approximate surface area is 123 Å². The second kappa shape index (κ2) is 5.93. The van der Waals surface area contributed by atoms with Crippen LogP contribution in [-0.2, 0) is 13.1 Å². The fourth-order valence-corrected chi connectivity index (χ4v) is 2.26. The first kappa shape index (κ1) is 13.6. The van der Waals surface area contributed by atoms with Crippen LogP contribution in [0.25, 0.3) is 11.5 Å². The molecular weight excluding hydrogens is 264 g/mol. The molecule has 3 heterocycles. The molecule has 0 radical (unpaired) electrons. The third-order valence-corrected chi connectivity index (χ3v) is 3.47. The third kappa shape index (κ3) is 3.03. The molecule has 0 aromatic carbocycles. The van der Waals surface area contributed by atoms with Gasteiger partial charge >= 0.3 is 0 Å². The fourth-order valence-electron chi connectivity index (χ4n) is 2.26. The summed E-state index contributed by atoms with van der Waals surface area (Å²) in [6, 6.07) is 5.95. The van der Waals surface area contributed by atoms with Gasteiger partial charge in [-0.1, -0.05) is 0 Å². The Morgan fingerprint density at radius 2 is 1.95 bits per heavy atom. The third-order valence-electron chi connectivity index (χ3n) is 3.47. The Morgan fingerprint density at radius 1 is 1.10 bits per heavy atom. The molecule has 0 spiro atoms. The number of H-pyrrole nitrogens is 1. The van der Waals surface area contributed by atoms with Crippen molar-refractivity contribution in [3.63, 3.8) is 0 Å². The van der Waals surface area contributed by atoms with E-state index in [1.165, 1.54) is 11.1 Å². The first-order valence-electron chi connectivity index (χ1n) is 6.93. The number of hydrogen-bond acceptors (Lipinski definition) is 4. The van der Waals surface area contributed by atoms with Gasteiger partial charge in [0.1, 0.15) is 11.5 Å². The van der Waals surface area contributed by atoms with E-state index in [1.54, 1.807) is 0 Å². The van der Waals surface area contributed by atoms with Gasteiger partial charge in [0, 0.05) is 31.0 Å². The molecule has 5 heteroatoms. The molecule has 0 saturated carbocycles. The highest BCUT2D eigenvalue weighted by molar-refractivity contribution is 5.56. The predicted molar refractivity (Wildman–Crippen MR) is 80.5 cm³/mol. The number of nitrogens with zero attached hydrogens (tertiary/aromatic N) is 2. The SMILES string of the molecule is Cc1ccc(-c2[nH]ncc2CNCc2ccncc2C)o1. The number of aromatic amines is 1. The topological polar surface area (TPSA) is 66.7 Å². The number of aromatic nitrogens is 3. The van der Waals surface area contributed by atoms with Crippen LogP contribution in [0.1, 0.15) is 22.5 Å². The Bertz CT molecular complexity index is 729. The van der Waals surface area contributed by atoms with E-state index in [9.17, 15) is 0 Å². The molecule has 3 aromatic rings. The molecule has 5 nitrogen and oxygen atoms in total. The summed E-state index contributed by atoms with van der Waals surface area (Å²) in [4.78, 5) is 4.10. The van der Waals surface area contributed by atoms with Crippen molar-refractivity contribution >= 4 is 0 Å². The summed E-state index contributed by atoms with van der Waals surface area (Å²) in [6.45, 7) is 5.53. The van der Waals surface area contributed by atoms with Gasteiger partial charge in [0.15, 0.2) is 5.76 Å². The molecule has 0 unspecified atom stereocenters. The molecule has 108 valence electrons. The quantitative estimate of drug-likeness (QED) is 0.755. The molecule has 0 saturated heterocycles.